The highest BCUT2D eigenvalue weighted by atomic mass is 35.5. The van der Waals surface area contributed by atoms with Gasteiger partial charge in [-0.3, -0.25) is 4.98 Å². The molecule has 0 unspecified atom stereocenters. The van der Waals surface area contributed by atoms with Gasteiger partial charge in [0.2, 0.25) is 0 Å². The first-order valence-electron chi connectivity index (χ1n) is 7.43. The molecule has 0 amide bonds. The van der Waals surface area contributed by atoms with Gasteiger partial charge in [-0.2, -0.15) is 0 Å². The number of aromatic carboxylic acids is 1. The van der Waals surface area contributed by atoms with Gasteiger partial charge in [0.1, 0.15) is 0 Å². The van der Waals surface area contributed by atoms with E-state index in [-0.39, 0.29) is 18.0 Å². The third-order valence-electron chi connectivity index (χ3n) is 3.83. The molecule has 3 rings (SSSR count). The fourth-order valence-corrected chi connectivity index (χ4v) is 2.69. The average molecular weight is 343 g/mol. The van der Waals surface area contributed by atoms with Crippen LogP contribution < -0.4 is 5.32 Å². The van der Waals surface area contributed by atoms with Crippen molar-refractivity contribution >= 4 is 40.7 Å². The zero-order valence-electron chi connectivity index (χ0n) is 13.8. The van der Waals surface area contributed by atoms with Crippen LogP contribution in [0.1, 0.15) is 27.2 Å². The topological polar surface area (TPSA) is 62.2 Å². The zero-order valence-corrected chi connectivity index (χ0v) is 14.6. The summed E-state index contributed by atoms with van der Waals surface area (Å²) in [4.78, 5) is 15.7. The Morgan fingerprint density at radius 3 is 2.42 bits per heavy atom. The Labute approximate surface area is 147 Å². The molecule has 0 aliphatic carbocycles. The Balaban J connectivity index is 0.00000208. The largest absolute Gasteiger partial charge is 0.478 e. The lowest BCUT2D eigenvalue weighted by molar-refractivity contribution is 0.0697. The Morgan fingerprint density at radius 2 is 1.75 bits per heavy atom. The lowest BCUT2D eigenvalue weighted by Gasteiger charge is -2.14. The number of rotatable bonds is 3. The number of halogens is 1. The molecule has 0 aliphatic heterocycles. The summed E-state index contributed by atoms with van der Waals surface area (Å²) >= 11 is 0. The normalized spacial score (nSPS) is 10.3. The van der Waals surface area contributed by atoms with Crippen molar-refractivity contribution in [2.24, 2.45) is 0 Å². The molecular weight excluding hydrogens is 324 g/mol. The minimum absolute atomic E-state index is 0. The summed E-state index contributed by atoms with van der Waals surface area (Å²) in [5, 5.41) is 13.4. The lowest BCUT2D eigenvalue weighted by atomic mass is 10.1. The molecule has 2 N–H and O–H groups in total. The quantitative estimate of drug-likeness (QED) is 0.701. The fraction of sp³-hybridized carbons (Fsp3) is 0.158. The second-order valence-corrected chi connectivity index (χ2v) is 5.79. The van der Waals surface area contributed by atoms with Crippen LogP contribution in [0.4, 0.5) is 11.4 Å². The van der Waals surface area contributed by atoms with Crippen molar-refractivity contribution in [3.63, 3.8) is 0 Å². The molecule has 3 aromatic rings. The van der Waals surface area contributed by atoms with Crippen molar-refractivity contribution in [2.75, 3.05) is 5.32 Å². The van der Waals surface area contributed by atoms with Gasteiger partial charge in [0.05, 0.1) is 11.1 Å². The molecule has 0 saturated heterocycles. The first-order chi connectivity index (χ1) is 10.9. The number of anilines is 2. The van der Waals surface area contributed by atoms with Crippen LogP contribution in [0.2, 0.25) is 0 Å². The molecule has 1 aromatic heterocycles. The molecule has 1 heterocycles. The second-order valence-electron chi connectivity index (χ2n) is 5.79. The standard InChI is InChI=1S/C19H18N2O2.ClH/c1-11-4-6-16(12(2)8-11)21-18-9-13(3)20-17-7-5-14(19(22)23)10-15(17)18;/h4-10H,1-3H3,(H,20,21)(H,22,23);1H. The Bertz CT molecular complexity index is 923. The molecule has 124 valence electrons. The van der Waals surface area contributed by atoms with Crippen LogP contribution in [0.15, 0.2) is 42.5 Å². The summed E-state index contributed by atoms with van der Waals surface area (Å²) < 4.78 is 0. The summed E-state index contributed by atoms with van der Waals surface area (Å²) in [6.07, 6.45) is 0. The van der Waals surface area contributed by atoms with Crippen LogP contribution in [0.3, 0.4) is 0 Å². The highest BCUT2D eigenvalue weighted by Crippen LogP contribution is 2.29. The smallest absolute Gasteiger partial charge is 0.335 e. The third-order valence-corrected chi connectivity index (χ3v) is 3.83. The average Bonchev–Trinajstić information content (AvgIpc) is 2.49. The predicted octanol–water partition coefficient (Wildman–Crippen LogP) is 5.02. The zero-order chi connectivity index (χ0) is 16.6. The molecule has 2 aromatic carbocycles. The van der Waals surface area contributed by atoms with Crippen LogP contribution in [-0.2, 0) is 0 Å². The first-order valence-corrected chi connectivity index (χ1v) is 7.43. The summed E-state index contributed by atoms with van der Waals surface area (Å²) in [6.45, 7) is 6.04. The number of fused-ring (bicyclic) bond motifs is 1. The maximum absolute atomic E-state index is 11.2. The Hall–Kier alpha value is -2.59. The van der Waals surface area contributed by atoms with Crippen LogP contribution >= 0.6 is 12.4 Å². The molecule has 24 heavy (non-hydrogen) atoms. The highest BCUT2D eigenvalue weighted by Gasteiger charge is 2.10. The van der Waals surface area contributed by atoms with Gasteiger partial charge in [-0.1, -0.05) is 17.7 Å². The van der Waals surface area contributed by atoms with Gasteiger partial charge in [0.15, 0.2) is 0 Å². The van der Waals surface area contributed by atoms with E-state index in [9.17, 15) is 9.90 Å². The molecule has 0 radical (unpaired) electrons. The minimum atomic E-state index is -0.940. The number of benzene rings is 2. The van der Waals surface area contributed by atoms with Gasteiger partial charge in [0.25, 0.3) is 0 Å². The summed E-state index contributed by atoms with van der Waals surface area (Å²) in [5.74, 6) is -0.940. The summed E-state index contributed by atoms with van der Waals surface area (Å²) in [7, 11) is 0. The molecule has 5 heteroatoms. The number of carbonyl (C=O) groups is 1. The number of nitrogens with one attached hydrogen (secondary N) is 1. The van der Waals surface area contributed by atoms with Crippen LogP contribution in [0.25, 0.3) is 10.9 Å². The van der Waals surface area contributed by atoms with Crippen molar-refractivity contribution in [3.05, 3.63) is 64.8 Å². The number of aryl methyl sites for hydroxylation is 3. The fourth-order valence-electron chi connectivity index (χ4n) is 2.69. The summed E-state index contributed by atoms with van der Waals surface area (Å²) in [5.41, 5.74) is 6.13. The van der Waals surface area contributed by atoms with Gasteiger partial charge < -0.3 is 10.4 Å². The van der Waals surface area contributed by atoms with Gasteiger partial charge in [-0.05, 0) is 56.7 Å². The number of aromatic nitrogens is 1. The van der Waals surface area contributed by atoms with E-state index in [1.54, 1.807) is 18.2 Å². The van der Waals surface area contributed by atoms with Crippen molar-refractivity contribution in [1.29, 1.82) is 0 Å². The minimum Gasteiger partial charge on any atom is -0.478 e. The molecule has 0 bridgehead atoms. The molecule has 0 atom stereocenters. The number of hydrogen-bond donors (Lipinski definition) is 2. The number of nitrogens with zero attached hydrogens (tertiary/aromatic N) is 1. The van der Waals surface area contributed by atoms with E-state index < -0.39 is 5.97 Å². The van der Waals surface area contributed by atoms with Crippen LogP contribution in [0, 0.1) is 20.8 Å². The van der Waals surface area contributed by atoms with E-state index in [1.165, 1.54) is 5.56 Å². The third kappa shape index (κ3) is 3.49. The second kappa shape index (κ2) is 6.89. The molecule has 0 aliphatic rings. The molecular formula is C19H19ClN2O2. The maximum Gasteiger partial charge on any atom is 0.335 e. The van der Waals surface area contributed by atoms with Gasteiger partial charge in [-0.15, -0.1) is 12.4 Å². The Morgan fingerprint density at radius 1 is 1.00 bits per heavy atom. The van der Waals surface area contributed by atoms with Crippen molar-refractivity contribution in [2.45, 2.75) is 20.8 Å². The molecule has 0 fully saturated rings. The van der Waals surface area contributed by atoms with E-state index in [2.05, 4.69) is 23.3 Å². The summed E-state index contributed by atoms with van der Waals surface area (Å²) in [6, 6.07) is 13.1. The van der Waals surface area contributed by atoms with E-state index in [0.717, 1.165) is 33.5 Å². The number of carboxylic acid groups (broad SMARTS) is 1. The van der Waals surface area contributed by atoms with Gasteiger partial charge in [0, 0.05) is 22.5 Å². The van der Waals surface area contributed by atoms with E-state index in [0.29, 0.717) is 0 Å². The van der Waals surface area contributed by atoms with E-state index >= 15 is 0 Å². The Kier molecular flexibility index (Phi) is 5.10. The monoisotopic (exact) mass is 342 g/mol. The van der Waals surface area contributed by atoms with Crippen molar-refractivity contribution in [3.8, 4) is 0 Å². The number of hydrogen-bond acceptors (Lipinski definition) is 3. The van der Waals surface area contributed by atoms with Crippen LogP contribution in [0.5, 0.6) is 0 Å². The lowest BCUT2D eigenvalue weighted by Crippen LogP contribution is -2.00. The number of carboxylic acids is 1. The van der Waals surface area contributed by atoms with Crippen molar-refractivity contribution in [1.82, 2.24) is 4.98 Å². The van der Waals surface area contributed by atoms with E-state index in [4.69, 9.17) is 0 Å². The van der Waals surface area contributed by atoms with Gasteiger partial charge >= 0.3 is 5.97 Å². The van der Waals surface area contributed by atoms with Crippen molar-refractivity contribution < 1.29 is 9.90 Å². The molecule has 0 saturated carbocycles. The SMILES string of the molecule is Cc1ccc(Nc2cc(C)nc3ccc(C(=O)O)cc23)c(C)c1.Cl. The maximum atomic E-state index is 11.2. The van der Waals surface area contributed by atoms with Crippen LogP contribution in [-0.4, -0.2) is 16.1 Å². The first kappa shape index (κ1) is 17.8. The molecule has 4 nitrogen and oxygen atoms in total. The highest BCUT2D eigenvalue weighted by molar-refractivity contribution is 5.99. The molecule has 0 spiro atoms. The number of pyridine rings is 1. The van der Waals surface area contributed by atoms with Gasteiger partial charge in [-0.25, -0.2) is 4.79 Å². The predicted molar refractivity (Wildman–Crippen MR) is 99.9 cm³/mol. The van der Waals surface area contributed by atoms with E-state index in [1.807, 2.05) is 32.0 Å².